The molecule has 140 valence electrons. The smallest absolute Gasteiger partial charge is 0.291 e. The Balaban J connectivity index is 1.76. The highest BCUT2D eigenvalue weighted by molar-refractivity contribution is 6.41. The summed E-state index contributed by atoms with van der Waals surface area (Å²) in [6.45, 7) is 0.162. The van der Waals surface area contributed by atoms with Crippen LogP contribution in [0.4, 0.5) is 10.1 Å². The molecule has 0 spiro atoms. The lowest BCUT2D eigenvalue weighted by Crippen LogP contribution is -2.21. The van der Waals surface area contributed by atoms with E-state index in [-0.39, 0.29) is 22.4 Å². The van der Waals surface area contributed by atoms with Gasteiger partial charge in [0, 0.05) is 6.54 Å². The average molecular weight is 429 g/mol. The van der Waals surface area contributed by atoms with Crippen LogP contribution in [0.5, 0.6) is 0 Å². The second kappa shape index (κ2) is 8.27. The zero-order valence-electron chi connectivity index (χ0n) is 13.7. The molecule has 0 aliphatic carbocycles. The van der Waals surface area contributed by atoms with Gasteiger partial charge in [-0.2, -0.15) is 9.78 Å². The van der Waals surface area contributed by atoms with Crippen LogP contribution in [0.25, 0.3) is 5.69 Å². The van der Waals surface area contributed by atoms with Crippen molar-refractivity contribution in [1.29, 1.82) is 0 Å². The quantitative estimate of drug-likeness (QED) is 0.629. The minimum Gasteiger partial charge on any atom is -0.387 e. The fourth-order valence-corrected chi connectivity index (χ4v) is 2.88. The van der Waals surface area contributed by atoms with E-state index in [9.17, 15) is 14.3 Å². The Kier molecular flexibility index (Phi) is 6.01. The van der Waals surface area contributed by atoms with E-state index in [1.807, 2.05) is 0 Å². The standard InChI is InChI=1S/C18H13Cl3FN3O2/c19-13-7-12(25-18(27)17(21)14(20)8-24-25)5-6-15(13)23-9-16(26)10-1-3-11(22)4-2-10/h1-8,16,23,26H,9H2. The number of aliphatic hydroxyl groups is 1. The van der Waals surface area contributed by atoms with Gasteiger partial charge in [0.05, 0.1) is 33.7 Å². The van der Waals surface area contributed by atoms with Crippen molar-refractivity contribution in [1.82, 2.24) is 9.78 Å². The Hall–Kier alpha value is -2.12. The Morgan fingerprint density at radius 3 is 2.48 bits per heavy atom. The third-order valence-electron chi connectivity index (χ3n) is 3.81. The predicted molar refractivity (Wildman–Crippen MR) is 105 cm³/mol. The van der Waals surface area contributed by atoms with Crippen LogP contribution in [0, 0.1) is 5.82 Å². The van der Waals surface area contributed by atoms with E-state index in [4.69, 9.17) is 34.8 Å². The largest absolute Gasteiger partial charge is 0.387 e. The van der Waals surface area contributed by atoms with Crippen molar-refractivity contribution in [3.63, 3.8) is 0 Å². The summed E-state index contributed by atoms with van der Waals surface area (Å²) in [7, 11) is 0. The molecule has 5 nitrogen and oxygen atoms in total. The first kappa shape index (κ1) is 19.6. The number of hydrogen-bond acceptors (Lipinski definition) is 4. The van der Waals surface area contributed by atoms with Crippen LogP contribution in [-0.2, 0) is 0 Å². The normalized spacial score (nSPS) is 12.0. The monoisotopic (exact) mass is 427 g/mol. The van der Waals surface area contributed by atoms with Crippen LogP contribution < -0.4 is 10.9 Å². The van der Waals surface area contributed by atoms with Crippen molar-refractivity contribution in [2.24, 2.45) is 0 Å². The third-order valence-corrected chi connectivity index (χ3v) is 4.88. The average Bonchev–Trinajstić information content (AvgIpc) is 2.65. The second-order valence-electron chi connectivity index (χ2n) is 5.64. The summed E-state index contributed by atoms with van der Waals surface area (Å²) in [5.74, 6) is -0.372. The van der Waals surface area contributed by atoms with E-state index in [0.717, 1.165) is 4.68 Å². The number of nitrogens with one attached hydrogen (secondary N) is 1. The van der Waals surface area contributed by atoms with E-state index in [0.29, 0.717) is 22.0 Å². The van der Waals surface area contributed by atoms with Crippen molar-refractivity contribution >= 4 is 40.5 Å². The third kappa shape index (κ3) is 4.42. The van der Waals surface area contributed by atoms with Gasteiger partial charge < -0.3 is 10.4 Å². The maximum Gasteiger partial charge on any atom is 0.291 e. The molecule has 3 rings (SSSR count). The van der Waals surface area contributed by atoms with E-state index in [2.05, 4.69) is 10.4 Å². The van der Waals surface area contributed by atoms with Crippen LogP contribution >= 0.6 is 34.8 Å². The summed E-state index contributed by atoms with van der Waals surface area (Å²) in [6.07, 6.45) is 0.422. The van der Waals surface area contributed by atoms with Gasteiger partial charge in [-0.15, -0.1) is 0 Å². The molecule has 1 heterocycles. The lowest BCUT2D eigenvalue weighted by Gasteiger charge is -2.15. The molecule has 3 aromatic rings. The molecular weight excluding hydrogens is 416 g/mol. The molecule has 0 radical (unpaired) electrons. The number of hydrogen-bond donors (Lipinski definition) is 2. The Bertz CT molecular complexity index is 1030. The maximum atomic E-state index is 12.9. The summed E-state index contributed by atoms with van der Waals surface area (Å²) in [5, 5.41) is 17.4. The molecule has 0 saturated heterocycles. The van der Waals surface area contributed by atoms with Gasteiger partial charge in [0.2, 0.25) is 0 Å². The molecular formula is C18H13Cl3FN3O2. The highest BCUT2D eigenvalue weighted by Gasteiger charge is 2.12. The summed E-state index contributed by atoms with van der Waals surface area (Å²) >= 11 is 17.9. The number of aromatic nitrogens is 2. The Morgan fingerprint density at radius 2 is 1.81 bits per heavy atom. The van der Waals surface area contributed by atoms with Gasteiger partial charge in [-0.3, -0.25) is 4.79 Å². The van der Waals surface area contributed by atoms with Crippen LogP contribution in [0.15, 0.2) is 53.5 Å². The van der Waals surface area contributed by atoms with E-state index in [1.54, 1.807) is 12.1 Å². The Labute approximate surface area is 168 Å². The van der Waals surface area contributed by atoms with E-state index < -0.39 is 11.7 Å². The van der Waals surface area contributed by atoms with Crippen LogP contribution in [0.3, 0.4) is 0 Å². The van der Waals surface area contributed by atoms with Crippen molar-refractivity contribution in [2.45, 2.75) is 6.10 Å². The topological polar surface area (TPSA) is 67.2 Å². The minimum absolute atomic E-state index is 0.0667. The van der Waals surface area contributed by atoms with Crippen LogP contribution in [-0.4, -0.2) is 21.4 Å². The predicted octanol–water partition coefficient (Wildman–Crippen LogP) is 4.48. The van der Waals surface area contributed by atoms with Crippen molar-refractivity contribution < 1.29 is 9.50 Å². The van der Waals surface area contributed by atoms with Gasteiger partial charge >= 0.3 is 0 Å². The molecule has 0 saturated carbocycles. The van der Waals surface area contributed by atoms with Gasteiger partial charge in [-0.1, -0.05) is 46.9 Å². The van der Waals surface area contributed by atoms with Gasteiger partial charge in [0.25, 0.3) is 5.56 Å². The highest BCUT2D eigenvalue weighted by Crippen LogP contribution is 2.26. The molecule has 2 N–H and O–H groups in total. The van der Waals surface area contributed by atoms with Gasteiger partial charge in [0.15, 0.2) is 0 Å². The Morgan fingerprint density at radius 1 is 1.11 bits per heavy atom. The first-order valence-corrected chi connectivity index (χ1v) is 8.91. The fraction of sp³-hybridized carbons (Fsp3) is 0.111. The number of benzene rings is 2. The number of aliphatic hydroxyl groups excluding tert-OH is 1. The molecule has 0 amide bonds. The SMILES string of the molecule is O=c1c(Cl)c(Cl)cnn1-c1ccc(NCC(O)c2ccc(F)cc2)c(Cl)c1. The first-order chi connectivity index (χ1) is 12.9. The minimum atomic E-state index is -0.847. The van der Waals surface area contributed by atoms with Gasteiger partial charge in [-0.25, -0.2) is 4.39 Å². The highest BCUT2D eigenvalue weighted by atomic mass is 35.5. The number of anilines is 1. The molecule has 0 fully saturated rings. The van der Waals surface area contributed by atoms with Gasteiger partial charge in [-0.05, 0) is 35.9 Å². The van der Waals surface area contributed by atoms with Crippen molar-refractivity contribution in [3.8, 4) is 5.69 Å². The zero-order valence-corrected chi connectivity index (χ0v) is 15.9. The van der Waals surface area contributed by atoms with Gasteiger partial charge in [0.1, 0.15) is 10.8 Å². The lowest BCUT2D eigenvalue weighted by atomic mass is 10.1. The number of rotatable bonds is 5. The molecule has 0 bridgehead atoms. The molecule has 9 heteroatoms. The van der Waals surface area contributed by atoms with E-state index in [1.165, 1.54) is 36.5 Å². The molecule has 0 aliphatic heterocycles. The fourth-order valence-electron chi connectivity index (χ4n) is 2.39. The summed E-state index contributed by atoms with van der Waals surface area (Å²) in [4.78, 5) is 12.1. The second-order valence-corrected chi connectivity index (χ2v) is 6.83. The molecule has 1 atom stereocenters. The van der Waals surface area contributed by atoms with Crippen molar-refractivity contribution in [3.05, 3.63) is 85.5 Å². The summed E-state index contributed by atoms with van der Waals surface area (Å²) in [5.41, 5.74) is 0.971. The molecule has 1 aromatic heterocycles. The lowest BCUT2D eigenvalue weighted by molar-refractivity contribution is 0.191. The zero-order chi connectivity index (χ0) is 19.6. The molecule has 27 heavy (non-hydrogen) atoms. The summed E-state index contributed by atoms with van der Waals surface area (Å²) < 4.78 is 14.0. The first-order valence-electron chi connectivity index (χ1n) is 7.77. The maximum absolute atomic E-state index is 12.9. The summed E-state index contributed by atoms with van der Waals surface area (Å²) in [6, 6.07) is 10.4. The number of nitrogens with zero attached hydrogens (tertiary/aromatic N) is 2. The van der Waals surface area contributed by atoms with Crippen molar-refractivity contribution in [2.75, 3.05) is 11.9 Å². The molecule has 0 aliphatic rings. The van der Waals surface area contributed by atoms with E-state index >= 15 is 0 Å². The molecule has 1 unspecified atom stereocenters. The van der Waals surface area contributed by atoms with Crippen LogP contribution in [0.1, 0.15) is 11.7 Å². The van der Waals surface area contributed by atoms with Crippen LogP contribution in [0.2, 0.25) is 15.1 Å². The molecule has 2 aromatic carbocycles. The number of halogens is 4.